The first kappa shape index (κ1) is 33.0. The van der Waals surface area contributed by atoms with Crippen LogP contribution in [0.25, 0.3) is 88.4 Å². The molecule has 268 valence electrons. The molecule has 0 aliphatic carbocycles. The Morgan fingerprint density at radius 2 is 0.632 bits per heavy atom. The first-order valence-electron chi connectivity index (χ1n) is 19.5. The van der Waals surface area contributed by atoms with Crippen LogP contribution in [-0.4, -0.2) is 0 Å². The normalized spacial score (nSPS) is 11.7. The van der Waals surface area contributed by atoms with Crippen molar-refractivity contribution in [3.8, 4) is 44.5 Å². The second kappa shape index (κ2) is 13.7. The highest BCUT2D eigenvalue weighted by atomic mass is 16.3. The summed E-state index contributed by atoms with van der Waals surface area (Å²) in [6, 6.07) is 76.0. The zero-order chi connectivity index (χ0) is 37.7. The maximum Gasteiger partial charge on any atom is 0.143 e. The minimum atomic E-state index is -0.0630. The Kier molecular flexibility index (Phi) is 7.93. The van der Waals surface area contributed by atoms with Crippen molar-refractivity contribution in [2.75, 3.05) is 0 Å². The van der Waals surface area contributed by atoms with Gasteiger partial charge in [-0.05, 0) is 68.3 Å². The Labute approximate surface area is 330 Å². The molecule has 11 rings (SSSR count). The monoisotopic (exact) mass is 728 g/mol. The third-order valence-electron chi connectivity index (χ3n) is 11.4. The smallest absolute Gasteiger partial charge is 0.143 e. The maximum absolute atomic E-state index is 6.53. The van der Waals surface area contributed by atoms with Crippen LogP contribution in [0.5, 0.6) is 0 Å². The molecule has 2 nitrogen and oxygen atoms in total. The molecule has 0 fully saturated rings. The Balaban J connectivity index is 1.08. The van der Waals surface area contributed by atoms with Gasteiger partial charge < -0.3 is 8.83 Å². The van der Waals surface area contributed by atoms with E-state index in [4.69, 9.17) is 8.83 Å². The highest BCUT2D eigenvalue weighted by Gasteiger charge is 2.21. The lowest BCUT2D eigenvalue weighted by Crippen LogP contribution is -2.04. The molecule has 9 aromatic carbocycles. The van der Waals surface area contributed by atoms with Crippen molar-refractivity contribution in [2.45, 2.75) is 5.92 Å². The predicted molar refractivity (Wildman–Crippen MR) is 237 cm³/mol. The number of fused-ring (bicyclic) bond motifs is 6. The molecule has 0 saturated carbocycles. The number of para-hydroxylation sites is 4. The Bertz CT molecular complexity index is 3100. The fourth-order valence-electron chi connectivity index (χ4n) is 8.70. The van der Waals surface area contributed by atoms with E-state index in [0.29, 0.717) is 0 Å². The first-order chi connectivity index (χ1) is 28.2. The van der Waals surface area contributed by atoms with Crippen LogP contribution in [-0.2, 0) is 0 Å². The average molecular weight is 729 g/mol. The number of rotatable bonds is 7. The lowest BCUT2D eigenvalue weighted by Gasteiger charge is -2.22. The van der Waals surface area contributed by atoms with E-state index in [1.54, 1.807) is 0 Å². The molecule has 0 spiro atoms. The van der Waals surface area contributed by atoms with Gasteiger partial charge in [0.1, 0.15) is 22.3 Å². The van der Waals surface area contributed by atoms with E-state index in [1.165, 1.54) is 38.9 Å². The first-order valence-corrected chi connectivity index (χ1v) is 19.5. The van der Waals surface area contributed by atoms with Crippen LogP contribution in [0.4, 0.5) is 0 Å². The Hall–Kier alpha value is -7.42. The topological polar surface area (TPSA) is 26.3 Å². The maximum atomic E-state index is 6.53. The van der Waals surface area contributed by atoms with Gasteiger partial charge in [0.05, 0.1) is 0 Å². The number of hydrogen-bond acceptors (Lipinski definition) is 2. The summed E-state index contributed by atoms with van der Waals surface area (Å²) in [6.45, 7) is 0. The summed E-state index contributed by atoms with van der Waals surface area (Å²) in [4.78, 5) is 0. The lowest BCUT2D eigenvalue weighted by atomic mass is 9.82. The molecular formula is C55H36O2. The van der Waals surface area contributed by atoms with Crippen LogP contribution in [0.2, 0.25) is 0 Å². The molecule has 0 saturated heterocycles. The van der Waals surface area contributed by atoms with Gasteiger partial charge in [-0.2, -0.15) is 0 Å². The van der Waals surface area contributed by atoms with Gasteiger partial charge in [0, 0.05) is 38.6 Å². The summed E-state index contributed by atoms with van der Waals surface area (Å²) in [6.07, 6.45) is 0. The summed E-state index contributed by atoms with van der Waals surface area (Å²) in [7, 11) is 0. The molecular weight excluding hydrogens is 693 g/mol. The third kappa shape index (κ3) is 5.82. The van der Waals surface area contributed by atoms with Gasteiger partial charge >= 0.3 is 0 Å². The summed E-state index contributed by atoms with van der Waals surface area (Å²) in [5.74, 6) is -0.0630. The highest BCUT2D eigenvalue weighted by molar-refractivity contribution is 6.10. The number of hydrogen-bond donors (Lipinski definition) is 0. The summed E-state index contributed by atoms with van der Waals surface area (Å²) < 4.78 is 13.1. The molecule has 2 heterocycles. The van der Waals surface area contributed by atoms with Crippen LogP contribution in [0.1, 0.15) is 22.6 Å². The molecule has 0 radical (unpaired) electrons. The molecule has 0 atom stereocenters. The van der Waals surface area contributed by atoms with E-state index >= 15 is 0 Å². The van der Waals surface area contributed by atoms with Gasteiger partial charge in [0.15, 0.2) is 0 Å². The van der Waals surface area contributed by atoms with Crippen molar-refractivity contribution >= 4 is 43.9 Å². The van der Waals surface area contributed by atoms with Crippen molar-refractivity contribution in [3.63, 3.8) is 0 Å². The molecule has 0 aliphatic rings. The van der Waals surface area contributed by atoms with Crippen LogP contribution in [0.15, 0.2) is 221 Å². The molecule has 0 bridgehead atoms. The molecule has 0 aliphatic heterocycles. The second-order valence-electron chi connectivity index (χ2n) is 14.8. The van der Waals surface area contributed by atoms with Gasteiger partial charge in [0.2, 0.25) is 0 Å². The standard InChI is InChI=1S/C55H36O2/c1-2-14-36(15-3-1)37-16-8-17-38(32-37)39-18-9-21-42(33-39)53(43-22-10-19-40(34-43)45-26-12-28-49-47-24-4-6-30-51(47)56-54(45)49)44-23-11-20-41(35-44)46-27-13-29-50-48-25-5-7-31-52(48)57-55(46)50/h1-35,53H. The Morgan fingerprint density at radius 3 is 1.18 bits per heavy atom. The summed E-state index contributed by atoms with van der Waals surface area (Å²) in [5.41, 5.74) is 16.4. The molecule has 2 aromatic heterocycles. The SMILES string of the molecule is c1ccc(-c2cccc(-c3cccc(C(c4cccc(-c5cccc6c5oc5ccccc56)c4)c4cccc(-c5cccc6c5oc5ccccc56)c4)c3)c2)cc1. The molecule has 0 amide bonds. The third-order valence-corrected chi connectivity index (χ3v) is 11.4. The van der Waals surface area contributed by atoms with Crippen molar-refractivity contribution in [2.24, 2.45) is 0 Å². The van der Waals surface area contributed by atoms with Crippen LogP contribution < -0.4 is 0 Å². The lowest BCUT2D eigenvalue weighted by molar-refractivity contribution is 0.669. The van der Waals surface area contributed by atoms with Crippen molar-refractivity contribution in [3.05, 3.63) is 229 Å². The van der Waals surface area contributed by atoms with Gasteiger partial charge in [-0.3, -0.25) is 0 Å². The molecule has 0 N–H and O–H groups in total. The molecule has 0 unspecified atom stereocenters. The minimum absolute atomic E-state index is 0.0630. The molecule has 11 aromatic rings. The predicted octanol–water partition coefficient (Wildman–Crippen LogP) is 15.3. The van der Waals surface area contributed by atoms with Crippen molar-refractivity contribution in [1.29, 1.82) is 0 Å². The minimum Gasteiger partial charge on any atom is -0.455 e. The fourth-order valence-corrected chi connectivity index (χ4v) is 8.70. The molecule has 2 heteroatoms. The van der Waals surface area contributed by atoms with Gasteiger partial charge in [0.25, 0.3) is 0 Å². The number of benzene rings is 9. The van der Waals surface area contributed by atoms with E-state index in [-0.39, 0.29) is 5.92 Å². The molecule has 57 heavy (non-hydrogen) atoms. The van der Waals surface area contributed by atoms with E-state index < -0.39 is 0 Å². The largest absolute Gasteiger partial charge is 0.455 e. The second-order valence-corrected chi connectivity index (χ2v) is 14.8. The highest BCUT2D eigenvalue weighted by Crippen LogP contribution is 2.42. The number of furan rings is 2. The zero-order valence-corrected chi connectivity index (χ0v) is 31.1. The van der Waals surface area contributed by atoms with Crippen LogP contribution in [0.3, 0.4) is 0 Å². The Morgan fingerprint density at radius 1 is 0.263 bits per heavy atom. The van der Waals surface area contributed by atoms with Gasteiger partial charge in [-0.1, -0.05) is 194 Å². The van der Waals surface area contributed by atoms with Crippen molar-refractivity contribution in [1.82, 2.24) is 0 Å². The van der Waals surface area contributed by atoms with Gasteiger partial charge in [-0.15, -0.1) is 0 Å². The van der Waals surface area contributed by atoms with E-state index in [2.05, 4.69) is 188 Å². The van der Waals surface area contributed by atoms with Crippen LogP contribution in [0, 0.1) is 0 Å². The van der Waals surface area contributed by atoms with Crippen LogP contribution >= 0.6 is 0 Å². The quantitative estimate of drug-likeness (QED) is 0.153. The van der Waals surface area contributed by atoms with E-state index in [1.807, 2.05) is 24.3 Å². The van der Waals surface area contributed by atoms with E-state index in [0.717, 1.165) is 66.1 Å². The fraction of sp³-hybridized carbons (Fsp3) is 0.0182. The summed E-state index contributed by atoms with van der Waals surface area (Å²) >= 11 is 0. The van der Waals surface area contributed by atoms with E-state index in [9.17, 15) is 0 Å². The van der Waals surface area contributed by atoms with Gasteiger partial charge in [-0.25, -0.2) is 0 Å². The summed E-state index contributed by atoms with van der Waals surface area (Å²) in [5, 5.41) is 4.52. The average Bonchev–Trinajstić information content (AvgIpc) is 3.86. The zero-order valence-electron chi connectivity index (χ0n) is 31.1. The van der Waals surface area contributed by atoms with Crippen molar-refractivity contribution < 1.29 is 8.83 Å².